The van der Waals surface area contributed by atoms with Crippen molar-refractivity contribution in [2.45, 2.75) is 13.5 Å². The minimum absolute atomic E-state index is 0.837. The van der Waals surface area contributed by atoms with E-state index in [9.17, 15) is 0 Å². The lowest BCUT2D eigenvalue weighted by Gasteiger charge is -2.35. The Morgan fingerprint density at radius 2 is 2.00 bits per heavy atom. The van der Waals surface area contributed by atoms with Gasteiger partial charge in [0.2, 0.25) is 0 Å². The molecule has 1 N–H and O–H groups in total. The number of anilines is 1. The lowest BCUT2D eigenvalue weighted by atomic mass is 10.2. The van der Waals surface area contributed by atoms with Crippen molar-refractivity contribution in [3.63, 3.8) is 0 Å². The number of piperazine rings is 1. The summed E-state index contributed by atoms with van der Waals surface area (Å²) in [5.74, 6) is 0. The molecule has 94 valence electrons. The standard InChI is InChI=1S/C13H22N4/c1-3-16-6-8-17(9-7-16)13-5-4-12(10-14-2)15-11-13/h4-5,11,14H,3,6-10H2,1-2H3. The quantitative estimate of drug-likeness (QED) is 0.840. The second-order valence-electron chi connectivity index (χ2n) is 4.46. The summed E-state index contributed by atoms with van der Waals surface area (Å²) in [6.45, 7) is 8.77. The second kappa shape index (κ2) is 5.98. The summed E-state index contributed by atoms with van der Waals surface area (Å²) in [6.07, 6.45) is 1.99. The van der Waals surface area contributed by atoms with Crippen LogP contribution in [0.15, 0.2) is 18.3 Å². The van der Waals surface area contributed by atoms with E-state index in [1.165, 1.54) is 5.69 Å². The predicted molar refractivity (Wildman–Crippen MR) is 71.3 cm³/mol. The van der Waals surface area contributed by atoms with Crippen LogP contribution < -0.4 is 10.2 Å². The molecule has 1 aliphatic rings. The molecule has 0 bridgehead atoms. The molecule has 0 amide bonds. The average molecular weight is 234 g/mol. The van der Waals surface area contributed by atoms with E-state index >= 15 is 0 Å². The molecule has 1 aliphatic heterocycles. The molecule has 1 aromatic rings. The van der Waals surface area contributed by atoms with Gasteiger partial charge in [-0.05, 0) is 25.7 Å². The summed E-state index contributed by atoms with van der Waals surface area (Å²) in [5.41, 5.74) is 2.35. The van der Waals surface area contributed by atoms with E-state index in [2.05, 4.69) is 39.2 Å². The molecule has 1 fully saturated rings. The normalized spacial score (nSPS) is 17.4. The molecule has 4 heteroatoms. The Kier molecular flexibility index (Phi) is 4.34. The maximum Gasteiger partial charge on any atom is 0.0553 e. The Bertz CT molecular complexity index is 328. The van der Waals surface area contributed by atoms with Crippen LogP contribution in [0.2, 0.25) is 0 Å². The molecule has 4 nitrogen and oxygen atoms in total. The highest BCUT2D eigenvalue weighted by atomic mass is 15.3. The highest BCUT2D eigenvalue weighted by molar-refractivity contribution is 5.45. The Morgan fingerprint density at radius 3 is 2.53 bits per heavy atom. The van der Waals surface area contributed by atoms with E-state index in [0.29, 0.717) is 0 Å². The summed E-state index contributed by atoms with van der Waals surface area (Å²) in [7, 11) is 1.94. The van der Waals surface area contributed by atoms with Crippen molar-refractivity contribution in [1.29, 1.82) is 0 Å². The largest absolute Gasteiger partial charge is 0.368 e. The first-order valence-corrected chi connectivity index (χ1v) is 6.40. The van der Waals surface area contributed by atoms with Crippen LogP contribution in [-0.4, -0.2) is 49.7 Å². The van der Waals surface area contributed by atoms with Crippen molar-refractivity contribution in [2.24, 2.45) is 0 Å². The molecule has 2 heterocycles. The van der Waals surface area contributed by atoms with Crippen LogP contribution in [0.25, 0.3) is 0 Å². The van der Waals surface area contributed by atoms with Crippen LogP contribution in [0.1, 0.15) is 12.6 Å². The Hall–Kier alpha value is -1.13. The number of hydrogen-bond donors (Lipinski definition) is 1. The van der Waals surface area contributed by atoms with Crippen molar-refractivity contribution >= 4 is 5.69 Å². The molecule has 0 radical (unpaired) electrons. The Labute approximate surface area is 104 Å². The van der Waals surface area contributed by atoms with Gasteiger partial charge in [-0.2, -0.15) is 0 Å². The fourth-order valence-electron chi connectivity index (χ4n) is 2.21. The summed E-state index contributed by atoms with van der Waals surface area (Å²) >= 11 is 0. The van der Waals surface area contributed by atoms with Crippen LogP contribution in [0.5, 0.6) is 0 Å². The third kappa shape index (κ3) is 3.17. The summed E-state index contributed by atoms with van der Waals surface area (Å²) < 4.78 is 0. The zero-order valence-corrected chi connectivity index (χ0v) is 10.8. The van der Waals surface area contributed by atoms with Gasteiger partial charge in [-0.3, -0.25) is 4.98 Å². The van der Waals surface area contributed by atoms with Crippen molar-refractivity contribution in [3.8, 4) is 0 Å². The van der Waals surface area contributed by atoms with Crippen molar-refractivity contribution < 1.29 is 0 Å². The zero-order valence-electron chi connectivity index (χ0n) is 10.8. The van der Waals surface area contributed by atoms with Gasteiger partial charge in [0.15, 0.2) is 0 Å². The van der Waals surface area contributed by atoms with Gasteiger partial charge in [0.1, 0.15) is 0 Å². The van der Waals surface area contributed by atoms with E-state index in [-0.39, 0.29) is 0 Å². The van der Waals surface area contributed by atoms with Crippen LogP contribution in [0.3, 0.4) is 0 Å². The lowest BCUT2D eigenvalue weighted by molar-refractivity contribution is 0.271. The fraction of sp³-hybridized carbons (Fsp3) is 0.615. The SMILES string of the molecule is CCN1CCN(c2ccc(CNC)nc2)CC1. The fourth-order valence-corrected chi connectivity index (χ4v) is 2.21. The molecule has 0 aromatic carbocycles. The predicted octanol–water partition coefficient (Wildman–Crippen LogP) is 0.943. The van der Waals surface area contributed by atoms with Crippen LogP contribution >= 0.6 is 0 Å². The minimum atomic E-state index is 0.837. The zero-order chi connectivity index (χ0) is 12.1. The molecule has 0 atom stereocenters. The Balaban J connectivity index is 1.94. The van der Waals surface area contributed by atoms with Gasteiger partial charge in [0.25, 0.3) is 0 Å². The van der Waals surface area contributed by atoms with Gasteiger partial charge in [-0.15, -0.1) is 0 Å². The van der Waals surface area contributed by atoms with E-state index in [4.69, 9.17) is 0 Å². The van der Waals surface area contributed by atoms with Gasteiger partial charge in [-0.25, -0.2) is 0 Å². The molecule has 17 heavy (non-hydrogen) atoms. The van der Waals surface area contributed by atoms with Crippen molar-refractivity contribution in [2.75, 3.05) is 44.7 Å². The topological polar surface area (TPSA) is 31.4 Å². The summed E-state index contributed by atoms with van der Waals surface area (Å²) in [6, 6.07) is 4.29. The van der Waals surface area contributed by atoms with Gasteiger partial charge in [0.05, 0.1) is 17.6 Å². The molecule has 0 saturated carbocycles. The second-order valence-corrected chi connectivity index (χ2v) is 4.46. The number of aromatic nitrogens is 1. The number of hydrogen-bond acceptors (Lipinski definition) is 4. The summed E-state index contributed by atoms with van der Waals surface area (Å²) in [5, 5.41) is 3.11. The van der Waals surface area contributed by atoms with Gasteiger partial charge < -0.3 is 15.1 Å². The van der Waals surface area contributed by atoms with Gasteiger partial charge in [-0.1, -0.05) is 6.92 Å². The van der Waals surface area contributed by atoms with Crippen LogP contribution in [0.4, 0.5) is 5.69 Å². The first-order valence-electron chi connectivity index (χ1n) is 6.40. The average Bonchev–Trinajstić information content (AvgIpc) is 2.40. The monoisotopic (exact) mass is 234 g/mol. The summed E-state index contributed by atoms with van der Waals surface area (Å²) in [4.78, 5) is 9.37. The molecule has 1 aromatic heterocycles. The number of likely N-dealkylation sites (N-methyl/N-ethyl adjacent to an activating group) is 1. The molecule has 0 unspecified atom stereocenters. The van der Waals surface area contributed by atoms with E-state index in [1.54, 1.807) is 0 Å². The molecule has 0 spiro atoms. The number of pyridine rings is 1. The highest BCUT2D eigenvalue weighted by Crippen LogP contribution is 2.15. The van der Waals surface area contributed by atoms with E-state index in [1.807, 2.05) is 13.2 Å². The Morgan fingerprint density at radius 1 is 1.24 bits per heavy atom. The minimum Gasteiger partial charge on any atom is -0.368 e. The molecular weight excluding hydrogens is 212 g/mol. The van der Waals surface area contributed by atoms with Crippen LogP contribution in [0, 0.1) is 0 Å². The lowest BCUT2D eigenvalue weighted by Crippen LogP contribution is -2.46. The number of rotatable bonds is 4. The first kappa shape index (κ1) is 12.3. The molecule has 1 saturated heterocycles. The maximum absolute atomic E-state index is 4.47. The smallest absolute Gasteiger partial charge is 0.0553 e. The van der Waals surface area contributed by atoms with Crippen molar-refractivity contribution in [3.05, 3.63) is 24.0 Å². The third-order valence-corrected chi connectivity index (χ3v) is 3.35. The molecular formula is C13H22N4. The number of nitrogens with zero attached hydrogens (tertiary/aromatic N) is 3. The van der Waals surface area contributed by atoms with Gasteiger partial charge in [0, 0.05) is 32.7 Å². The molecule has 0 aliphatic carbocycles. The van der Waals surface area contributed by atoms with Crippen LogP contribution in [-0.2, 0) is 6.54 Å². The van der Waals surface area contributed by atoms with Crippen molar-refractivity contribution in [1.82, 2.24) is 15.2 Å². The van der Waals surface area contributed by atoms with E-state index in [0.717, 1.165) is 45.0 Å². The van der Waals surface area contributed by atoms with E-state index < -0.39 is 0 Å². The van der Waals surface area contributed by atoms with Gasteiger partial charge >= 0.3 is 0 Å². The number of nitrogens with one attached hydrogen (secondary N) is 1. The molecule has 2 rings (SSSR count). The third-order valence-electron chi connectivity index (χ3n) is 3.35. The maximum atomic E-state index is 4.47. The first-order chi connectivity index (χ1) is 8.33. The highest BCUT2D eigenvalue weighted by Gasteiger charge is 2.15.